The summed E-state index contributed by atoms with van der Waals surface area (Å²) < 4.78 is 16.1. The number of aliphatic hydroxyl groups is 3. The monoisotopic (exact) mass is 470 g/mol. The summed E-state index contributed by atoms with van der Waals surface area (Å²) in [6, 6.07) is 7.13. The number of aliphatic hydroxyl groups excluding tert-OH is 3. The molecule has 0 bridgehead atoms. The fourth-order valence-electron chi connectivity index (χ4n) is 3.94. The van der Waals surface area contributed by atoms with Crippen LogP contribution in [0, 0.1) is 0 Å². The van der Waals surface area contributed by atoms with Gasteiger partial charge in [-0.15, -0.1) is 11.3 Å². The Morgan fingerprint density at radius 3 is 2.55 bits per heavy atom. The SMILES string of the molecule is COCc1cc(Cl)c(Cc2ccc(C(=O)OC)s2)cc1[C@]1(C)O[C@H](C)[C@@H](O)[C@H](O)[C@H]1O. The second-order valence-corrected chi connectivity index (χ2v) is 9.40. The maximum Gasteiger partial charge on any atom is 0.348 e. The van der Waals surface area contributed by atoms with Crippen molar-refractivity contribution in [2.75, 3.05) is 14.2 Å². The Hall–Kier alpha value is -1.52. The number of methoxy groups -OCH3 is 2. The van der Waals surface area contributed by atoms with Crippen molar-refractivity contribution in [2.24, 2.45) is 0 Å². The van der Waals surface area contributed by atoms with E-state index in [0.29, 0.717) is 27.4 Å². The minimum absolute atomic E-state index is 0.222. The first-order chi connectivity index (χ1) is 14.6. The molecular formula is C22H27ClO7S. The van der Waals surface area contributed by atoms with Crippen LogP contribution in [0.2, 0.25) is 5.02 Å². The first-order valence-corrected chi connectivity index (χ1v) is 11.0. The van der Waals surface area contributed by atoms with Gasteiger partial charge in [0.25, 0.3) is 0 Å². The van der Waals surface area contributed by atoms with E-state index in [9.17, 15) is 20.1 Å². The van der Waals surface area contributed by atoms with Gasteiger partial charge in [0.15, 0.2) is 0 Å². The van der Waals surface area contributed by atoms with Crippen molar-refractivity contribution in [3.05, 3.63) is 55.7 Å². The number of ether oxygens (including phenoxy) is 3. The largest absolute Gasteiger partial charge is 0.465 e. The van der Waals surface area contributed by atoms with Crippen molar-refractivity contribution in [2.45, 2.75) is 56.9 Å². The zero-order valence-electron chi connectivity index (χ0n) is 17.8. The maximum atomic E-state index is 11.7. The standard InChI is InChI=1S/C22H27ClO7S/c1-11-18(24)19(25)20(26)22(2,30-11)15-8-12(16(23)9-13(15)10-28-3)7-14-5-6-17(31-14)21(27)29-4/h5-6,8-9,11,18-20,24-26H,7,10H2,1-4H3/t11-,18-,19+,20-,22+/m1/s1. The normalized spacial score (nSPS) is 28.5. The Balaban J connectivity index is 2.03. The summed E-state index contributed by atoms with van der Waals surface area (Å²) >= 11 is 7.86. The summed E-state index contributed by atoms with van der Waals surface area (Å²) in [7, 11) is 2.88. The lowest BCUT2D eigenvalue weighted by Gasteiger charge is -2.47. The van der Waals surface area contributed by atoms with Crippen LogP contribution in [0.4, 0.5) is 0 Å². The lowest BCUT2D eigenvalue weighted by Crippen LogP contribution is -2.61. The van der Waals surface area contributed by atoms with Crippen LogP contribution in [-0.4, -0.2) is 59.9 Å². The zero-order valence-corrected chi connectivity index (χ0v) is 19.4. The van der Waals surface area contributed by atoms with Crippen molar-refractivity contribution < 1.29 is 34.3 Å². The van der Waals surface area contributed by atoms with Gasteiger partial charge in [0.1, 0.15) is 28.8 Å². The van der Waals surface area contributed by atoms with Gasteiger partial charge in [0.2, 0.25) is 0 Å². The molecule has 1 aliphatic rings. The topological polar surface area (TPSA) is 105 Å². The van der Waals surface area contributed by atoms with Gasteiger partial charge in [0.05, 0.1) is 19.8 Å². The van der Waals surface area contributed by atoms with E-state index in [0.717, 1.165) is 10.4 Å². The number of hydrogen-bond acceptors (Lipinski definition) is 8. The third kappa shape index (κ3) is 4.66. The van der Waals surface area contributed by atoms with Crippen molar-refractivity contribution >= 4 is 28.9 Å². The number of rotatable bonds is 6. The highest BCUT2D eigenvalue weighted by molar-refractivity contribution is 7.13. The molecule has 0 radical (unpaired) electrons. The first kappa shape index (κ1) is 24.1. The number of hydrogen-bond donors (Lipinski definition) is 3. The molecule has 1 fully saturated rings. The average molecular weight is 471 g/mol. The summed E-state index contributed by atoms with van der Waals surface area (Å²) in [6.45, 7) is 3.54. The summed E-state index contributed by atoms with van der Waals surface area (Å²) in [6.07, 6.45) is -4.19. The molecule has 2 heterocycles. The molecule has 0 spiro atoms. The fraction of sp³-hybridized carbons (Fsp3) is 0.500. The van der Waals surface area contributed by atoms with Gasteiger partial charge < -0.3 is 29.5 Å². The predicted octanol–water partition coefficient (Wildman–Crippen LogP) is 2.64. The van der Waals surface area contributed by atoms with Gasteiger partial charge in [-0.05, 0) is 48.7 Å². The van der Waals surface area contributed by atoms with Crippen molar-refractivity contribution in [1.82, 2.24) is 0 Å². The van der Waals surface area contributed by atoms with E-state index < -0.39 is 36.0 Å². The molecule has 0 amide bonds. The molecular weight excluding hydrogens is 444 g/mol. The van der Waals surface area contributed by atoms with Crippen LogP contribution >= 0.6 is 22.9 Å². The molecule has 1 aromatic heterocycles. The quantitative estimate of drug-likeness (QED) is 0.557. The molecule has 0 aliphatic carbocycles. The minimum Gasteiger partial charge on any atom is -0.465 e. The summed E-state index contributed by atoms with van der Waals surface area (Å²) in [4.78, 5) is 13.2. The molecule has 5 atom stereocenters. The number of benzene rings is 1. The van der Waals surface area contributed by atoms with Crippen LogP contribution in [0.25, 0.3) is 0 Å². The van der Waals surface area contributed by atoms with Gasteiger partial charge in [-0.2, -0.15) is 0 Å². The maximum absolute atomic E-state index is 11.7. The van der Waals surface area contributed by atoms with Gasteiger partial charge >= 0.3 is 5.97 Å². The first-order valence-electron chi connectivity index (χ1n) is 9.82. The molecule has 2 aromatic rings. The third-order valence-electron chi connectivity index (χ3n) is 5.67. The molecule has 170 valence electrons. The molecule has 3 N–H and O–H groups in total. The lowest BCUT2D eigenvalue weighted by atomic mass is 9.79. The molecule has 1 aromatic carbocycles. The second-order valence-electron chi connectivity index (χ2n) is 7.82. The van der Waals surface area contributed by atoms with E-state index >= 15 is 0 Å². The second kappa shape index (κ2) is 9.54. The highest BCUT2D eigenvalue weighted by atomic mass is 35.5. The minimum atomic E-state index is -1.37. The van der Waals surface area contributed by atoms with E-state index in [1.54, 1.807) is 33.1 Å². The molecule has 3 rings (SSSR count). The van der Waals surface area contributed by atoms with Crippen LogP contribution in [0.3, 0.4) is 0 Å². The van der Waals surface area contributed by atoms with Crippen molar-refractivity contribution in [3.8, 4) is 0 Å². The number of halogens is 1. The molecule has 31 heavy (non-hydrogen) atoms. The number of carbonyl (C=O) groups excluding carboxylic acids is 1. The van der Waals surface area contributed by atoms with Crippen LogP contribution in [0.5, 0.6) is 0 Å². The Bertz CT molecular complexity index is 946. The van der Waals surface area contributed by atoms with E-state index in [1.165, 1.54) is 18.4 Å². The predicted molar refractivity (Wildman–Crippen MR) is 117 cm³/mol. The Morgan fingerprint density at radius 2 is 1.90 bits per heavy atom. The van der Waals surface area contributed by atoms with Gasteiger partial charge in [-0.25, -0.2) is 4.79 Å². The van der Waals surface area contributed by atoms with Gasteiger partial charge in [0, 0.05) is 23.4 Å². The number of thiophene rings is 1. The van der Waals surface area contributed by atoms with Crippen LogP contribution < -0.4 is 0 Å². The molecule has 0 saturated carbocycles. The molecule has 0 unspecified atom stereocenters. The Labute approximate surface area is 190 Å². The van der Waals surface area contributed by atoms with E-state index in [-0.39, 0.29) is 6.61 Å². The smallest absolute Gasteiger partial charge is 0.348 e. The van der Waals surface area contributed by atoms with Crippen molar-refractivity contribution in [3.63, 3.8) is 0 Å². The average Bonchev–Trinajstić information content (AvgIpc) is 3.21. The van der Waals surface area contributed by atoms with E-state index in [1.807, 2.05) is 12.1 Å². The van der Waals surface area contributed by atoms with Crippen LogP contribution in [0.15, 0.2) is 24.3 Å². The summed E-state index contributed by atoms with van der Waals surface area (Å²) in [5.41, 5.74) is 0.789. The van der Waals surface area contributed by atoms with Gasteiger partial charge in [-0.3, -0.25) is 0 Å². The van der Waals surface area contributed by atoms with E-state index in [4.69, 9.17) is 25.8 Å². The Kier molecular flexibility index (Phi) is 7.43. The fourth-order valence-corrected chi connectivity index (χ4v) is 5.14. The molecule has 1 aliphatic heterocycles. The van der Waals surface area contributed by atoms with Crippen LogP contribution in [-0.2, 0) is 32.8 Å². The molecule has 9 heteroatoms. The Morgan fingerprint density at radius 1 is 1.19 bits per heavy atom. The number of esters is 1. The highest BCUT2D eigenvalue weighted by Crippen LogP contribution is 2.41. The summed E-state index contributed by atoms with van der Waals surface area (Å²) in [5, 5.41) is 31.8. The van der Waals surface area contributed by atoms with E-state index in [2.05, 4.69) is 0 Å². The number of carbonyl (C=O) groups is 1. The molecule has 1 saturated heterocycles. The van der Waals surface area contributed by atoms with Crippen LogP contribution in [0.1, 0.15) is 45.1 Å². The lowest BCUT2D eigenvalue weighted by molar-refractivity contribution is -0.263. The zero-order chi connectivity index (χ0) is 22.9. The highest BCUT2D eigenvalue weighted by Gasteiger charge is 2.51. The van der Waals surface area contributed by atoms with Crippen molar-refractivity contribution in [1.29, 1.82) is 0 Å². The van der Waals surface area contributed by atoms with Gasteiger partial charge in [-0.1, -0.05) is 17.7 Å². The summed E-state index contributed by atoms with van der Waals surface area (Å²) in [5.74, 6) is -0.397. The third-order valence-corrected chi connectivity index (χ3v) is 7.09. The molecule has 7 nitrogen and oxygen atoms in total.